The van der Waals surface area contributed by atoms with E-state index in [1.54, 1.807) is 42.5 Å². The van der Waals surface area contributed by atoms with Gasteiger partial charge in [-0.25, -0.2) is 0 Å². The lowest BCUT2D eigenvalue weighted by molar-refractivity contribution is -0.132. The van der Waals surface area contributed by atoms with Gasteiger partial charge in [0.05, 0.1) is 24.8 Å². The van der Waals surface area contributed by atoms with Crippen LogP contribution in [-0.2, 0) is 15.3 Å². The number of amides is 1. The molecule has 8 nitrogen and oxygen atoms in total. The Kier molecular flexibility index (Phi) is 9.92. The van der Waals surface area contributed by atoms with Crippen molar-refractivity contribution in [1.82, 2.24) is 10.2 Å². The number of aromatic nitrogens is 2. The highest BCUT2D eigenvalue weighted by Gasteiger charge is 2.48. The highest BCUT2D eigenvalue weighted by Crippen LogP contribution is 2.46. The number of carbonyl (C=O) groups is 2. The molecule has 1 saturated heterocycles. The molecule has 1 aliphatic rings. The molecule has 1 fully saturated rings. The molecule has 1 aliphatic heterocycles. The molecule has 0 aliphatic carbocycles. The average molecular weight is 657 g/mol. The van der Waals surface area contributed by atoms with Gasteiger partial charge in [-0.1, -0.05) is 77.5 Å². The maximum atomic E-state index is 13.6. The zero-order valence-electron chi connectivity index (χ0n) is 23.3. The van der Waals surface area contributed by atoms with Crippen LogP contribution in [0, 0.1) is 0 Å². The minimum atomic E-state index is -1.01. The summed E-state index contributed by atoms with van der Waals surface area (Å²) in [5.74, 6) is -0.463. The Balaban J connectivity index is 1.58. The number of ketones is 1. The zero-order valence-corrected chi connectivity index (χ0v) is 26.4. The first-order chi connectivity index (χ1) is 20.8. The van der Waals surface area contributed by atoms with E-state index in [-0.39, 0.29) is 16.5 Å². The number of benzene rings is 3. The molecule has 1 aromatic heterocycles. The lowest BCUT2D eigenvalue weighted by atomic mass is 9.95. The van der Waals surface area contributed by atoms with E-state index < -0.39 is 17.7 Å². The molecule has 0 bridgehead atoms. The quantitative estimate of drug-likeness (QED) is 0.0571. The summed E-state index contributed by atoms with van der Waals surface area (Å²) in [5, 5.41) is 21.3. The van der Waals surface area contributed by atoms with E-state index in [9.17, 15) is 14.7 Å². The molecule has 1 unspecified atom stereocenters. The molecule has 5 rings (SSSR count). The third-order valence-electron chi connectivity index (χ3n) is 6.52. The van der Waals surface area contributed by atoms with Crippen molar-refractivity contribution in [2.75, 3.05) is 18.1 Å². The Morgan fingerprint density at radius 1 is 1.00 bits per heavy atom. The Hall–Kier alpha value is -3.57. The van der Waals surface area contributed by atoms with Crippen LogP contribution in [-0.4, -0.2) is 40.2 Å². The van der Waals surface area contributed by atoms with Crippen molar-refractivity contribution in [3.63, 3.8) is 0 Å². The summed E-state index contributed by atoms with van der Waals surface area (Å²) >= 11 is 15.0. The van der Waals surface area contributed by atoms with Gasteiger partial charge in [0, 0.05) is 21.4 Å². The number of Topliss-reactive ketones (excluding diaryl/α,β-unsaturated/α-hetero) is 1. The van der Waals surface area contributed by atoms with Gasteiger partial charge in [0.25, 0.3) is 5.78 Å². The van der Waals surface area contributed by atoms with Crippen LogP contribution in [0.4, 0.5) is 5.13 Å². The van der Waals surface area contributed by atoms with Crippen molar-refractivity contribution >= 4 is 68.9 Å². The minimum absolute atomic E-state index is 0.0857. The Labute approximate surface area is 267 Å². The standard InChI is InChI=1S/C31H27Cl2N3O5S2/c1-3-15-41-23-14-11-19(16-24(23)40-4-2)26-25(27(37)18-9-12-21(32)13-10-18)28(38)29(39)36(26)30-34-35-31(43-30)42-17-20-7-5-6-8-22(20)33/h5-14,16,26,37H,3-4,15,17H2,1-2H3. The van der Waals surface area contributed by atoms with E-state index in [4.69, 9.17) is 32.7 Å². The molecule has 12 heteroatoms. The van der Waals surface area contributed by atoms with E-state index in [1.165, 1.54) is 28.0 Å². The number of hydrogen-bond acceptors (Lipinski definition) is 9. The molecule has 3 aromatic carbocycles. The summed E-state index contributed by atoms with van der Waals surface area (Å²) in [7, 11) is 0. The molecule has 222 valence electrons. The highest BCUT2D eigenvalue weighted by atomic mass is 35.5. The van der Waals surface area contributed by atoms with Crippen LogP contribution < -0.4 is 14.4 Å². The molecule has 1 atom stereocenters. The largest absolute Gasteiger partial charge is 0.507 e. The number of aliphatic hydroxyl groups excluding tert-OH is 1. The van der Waals surface area contributed by atoms with E-state index >= 15 is 0 Å². The van der Waals surface area contributed by atoms with Crippen molar-refractivity contribution in [2.24, 2.45) is 0 Å². The SMILES string of the molecule is CCCOc1ccc(C2C(=C(O)c3ccc(Cl)cc3)C(=O)C(=O)N2c2nnc(SCc3ccccc3Cl)s2)cc1OCC. The van der Waals surface area contributed by atoms with E-state index in [2.05, 4.69) is 10.2 Å². The van der Waals surface area contributed by atoms with E-state index in [0.717, 1.165) is 12.0 Å². The predicted octanol–water partition coefficient (Wildman–Crippen LogP) is 7.95. The van der Waals surface area contributed by atoms with Crippen LogP contribution >= 0.6 is 46.3 Å². The number of hydrogen-bond donors (Lipinski definition) is 1. The molecule has 43 heavy (non-hydrogen) atoms. The van der Waals surface area contributed by atoms with E-state index in [0.29, 0.717) is 56.0 Å². The average Bonchev–Trinajstić information content (AvgIpc) is 3.58. The van der Waals surface area contributed by atoms with Gasteiger partial charge >= 0.3 is 5.91 Å². The minimum Gasteiger partial charge on any atom is -0.507 e. The Morgan fingerprint density at radius 2 is 1.77 bits per heavy atom. The second-order valence-corrected chi connectivity index (χ2v) is 12.4. The first kappa shape index (κ1) is 30.9. The molecular weight excluding hydrogens is 629 g/mol. The summed E-state index contributed by atoms with van der Waals surface area (Å²) in [5.41, 5.74) is 1.72. The topological polar surface area (TPSA) is 102 Å². The third kappa shape index (κ3) is 6.67. The number of aliphatic hydroxyl groups is 1. The second-order valence-electron chi connectivity index (χ2n) is 9.39. The number of halogens is 2. The Morgan fingerprint density at radius 3 is 2.49 bits per heavy atom. The summed E-state index contributed by atoms with van der Waals surface area (Å²) in [6.45, 7) is 4.72. The number of ether oxygens (including phenoxy) is 2. The van der Waals surface area contributed by atoms with Crippen LogP contribution in [0.15, 0.2) is 76.6 Å². The molecular formula is C31H27Cl2N3O5S2. The number of thioether (sulfide) groups is 1. The van der Waals surface area contributed by atoms with Crippen molar-refractivity contribution in [3.8, 4) is 11.5 Å². The fourth-order valence-corrected chi connectivity index (χ4v) is 6.80. The van der Waals surface area contributed by atoms with Gasteiger partial charge in [0.2, 0.25) is 5.13 Å². The number of carbonyl (C=O) groups excluding carboxylic acids is 2. The highest BCUT2D eigenvalue weighted by molar-refractivity contribution is 8.00. The maximum Gasteiger partial charge on any atom is 0.301 e. The van der Waals surface area contributed by atoms with Crippen molar-refractivity contribution in [3.05, 3.63) is 99.0 Å². The van der Waals surface area contributed by atoms with E-state index in [1.807, 2.05) is 38.1 Å². The molecule has 4 aromatic rings. The number of anilines is 1. The van der Waals surface area contributed by atoms with Crippen LogP contribution in [0.1, 0.15) is 43.0 Å². The van der Waals surface area contributed by atoms with Gasteiger partial charge in [0.1, 0.15) is 5.76 Å². The van der Waals surface area contributed by atoms with Gasteiger partial charge in [0.15, 0.2) is 15.8 Å². The summed E-state index contributed by atoms with van der Waals surface area (Å²) in [6.07, 6.45) is 0.808. The molecule has 1 N–H and O–H groups in total. The molecule has 1 amide bonds. The third-order valence-corrected chi connectivity index (χ3v) is 9.24. The van der Waals surface area contributed by atoms with Gasteiger partial charge in [-0.05, 0) is 66.9 Å². The monoisotopic (exact) mass is 655 g/mol. The van der Waals surface area contributed by atoms with Crippen LogP contribution in [0.25, 0.3) is 5.76 Å². The first-order valence-corrected chi connectivity index (χ1v) is 16.0. The van der Waals surface area contributed by atoms with Crippen LogP contribution in [0.3, 0.4) is 0 Å². The molecule has 0 spiro atoms. The second kappa shape index (κ2) is 13.8. The Bertz CT molecular complexity index is 1680. The normalized spacial score (nSPS) is 16.1. The first-order valence-electron chi connectivity index (χ1n) is 13.5. The summed E-state index contributed by atoms with van der Waals surface area (Å²) < 4.78 is 12.3. The van der Waals surface area contributed by atoms with Gasteiger partial charge < -0.3 is 14.6 Å². The zero-order chi connectivity index (χ0) is 30.5. The lowest BCUT2D eigenvalue weighted by Crippen LogP contribution is -2.29. The summed E-state index contributed by atoms with van der Waals surface area (Å²) in [6, 6.07) is 18.1. The fourth-order valence-electron chi connectivity index (χ4n) is 4.52. The van der Waals surface area contributed by atoms with Gasteiger partial charge in [-0.2, -0.15) is 0 Å². The molecule has 0 saturated carbocycles. The lowest BCUT2D eigenvalue weighted by Gasteiger charge is -2.23. The van der Waals surface area contributed by atoms with Crippen LogP contribution in [0.5, 0.6) is 11.5 Å². The summed E-state index contributed by atoms with van der Waals surface area (Å²) in [4.78, 5) is 28.5. The maximum absolute atomic E-state index is 13.6. The van der Waals surface area contributed by atoms with Gasteiger partial charge in [-0.15, -0.1) is 10.2 Å². The van der Waals surface area contributed by atoms with Crippen molar-refractivity contribution < 1.29 is 24.2 Å². The molecule has 0 radical (unpaired) electrons. The van der Waals surface area contributed by atoms with Crippen molar-refractivity contribution in [2.45, 2.75) is 36.4 Å². The van der Waals surface area contributed by atoms with Crippen molar-refractivity contribution in [1.29, 1.82) is 0 Å². The van der Waals surface area contributed by atoms with Gasteiger partial charge in [-0.3, -0.25) is 14.5 Å². The predicted molar refractivity (Wildman–Crippen MR) is 171 cm³/mol. The smallest absolute Gasteiger partial charge is 0.301 e. The number of nitrogens with zero attached hydrogens (tertiary/aromatic N) is 3. The van der Waals surface area contributed by atoms with Crippen LogP contribution in [0.2, 0.25) is 10.0 Å². The fraction of sp³-hybridized carbons (Fsp3) is 0.226. The number of rotatable bonds is 11. The molecule has 2 heterocycles.